The van der Waals surface area contributed by atoms with E-state index in [4.69, 9.17) is 4.74 Å². The highest BCUT2D eigenvalue weighted by Crippen LogP contribution is 2.35. The van der Waals surface area contributed by atoms with Crippen LogP contribution in [0.4, 0.5) is 4.79 Å². The minimum absolute atomic E-state index is 0.0681. The lowest BCUT2D eigenvalue weighted by Crippen LogP contribution is -2.53. The Morgan fingerprint density at radius 3 is 2.27 bits per heavy atom. The first-order valence-electron chi connectivity index (χ1n) is 5.66. The van der Waals surface area contributed by atoms with Gasteiger partial charge in [0.15, 0.2) is 0 Å². The summed E-state index contributed by atoms with van der Waals surface area (Å²) in [6, 6.07) is 0.181. The molecule has 15 heavy (non-hydrogen) atoms. The summed E-state index contributed by atoms with van der Waals surface area (Å²) in [5.74, 6) is 0. The third kappa shape index (κ3) is 2.27. The molecular formula is C12H23NO2. The monoisotopic (exact) mass is 213 g/mol. The van der Waals surface area contributed by atoms with E-state index in [1.54, 1.807) is 0 Å². The van der Waals surface area contributed by atoms with Gasteiger partial charge in [-0.2, -0.15) is 0 Å². The summed E-state index contributed by atoms with van der Waals surface area (Å²) < 4.78 is 5.18. The molecule has 0 saturated carbocycles. The molecule has 0 spiro atoms. The molecule has 1 aliphatic rings. The summed E-state index contributed by atoms with van der Waals surface area (Å²) in [5.41, 5.74) is -0.0515. The fourth-order valence-electron chi connectivity index (χ4n) is 1.90. The van der Waals surface area contributed by atoms with Crippen molar-refractivity contribution in [2.24, 2.45) is 5.41 Å². The van der Waals surface area contributed by atoms with Gasteiger partial charge in [-0.1, -0.05) is 27.7 Å². The van der Waals surface area contributed by atoms with Gasteiger partial charge in [0, 0.05) is 5.54 Å². The summed E-state index contributed by atoms with van der Waals surface area (Å²) in [6.45, 7) is 13.3. The van der Waals surface area contributed by atoms with Crippen LogP contribution >= 0.6 is 0 Å². The molecule has 1 unspecified atom stereocenters. The maximum atomic E-state index is 11.7. The summed E-state index contributed by atoms with van der Waals surface area (Å²) >= 11 is 0. The molecule has 0 bridgehead atoms. The van der Waals surface area contributed by atoms with Gasteiger partial charge in [0.05, 0.1) is 6.04 Å². The number of cyclic esters (lactones) is 1. The molecule has 0 aromatic rings. The van der Waals surface area contributed by atoms with Crippen molar-refractivity contribution in [2.45, 2.75) is 59.5 Å². The molecule has 1 rings (SSSR count). The van der Waals surface area contributed by atoms with Crippen molar-refractivity contribution in [2.75, 3.05) is 6.61 Å². The first-order chi connectivity index (χ1) is 6.70. The molecule has 1 fully saturated rings. The molecule has 1 aliphatic heterocycles. The van der Waals surface area contributed by atoms with Crippen molar-refractivity contribution in [3.63, 3.8) is 0 Å². The molecule has 1 amide bonds. The van der Waals surface area contributed by atoms with Gasteiger partial charge in [0.25, 0.3) is 0 Å². The van der Waals surface area contributed by atoms with E-state index < -0.39 is 0 Å². The van der Waals surface area contributed by atoms with Gasteiger partial charge in [0.1, 0.15) is 6.61 Å². The Balaban J connectivity index is 2.97. The topological polar surface area (TPSA) is 29.5 Å². The lowest BCUT2D eigenvalue weighted by Gasteiger charge is -2.41. The van der Waals surface area contributed by atoms with E-state index in [0.717, 1.165) is 6.42 Å². The van der Waals surface area contributed by atoms with Crippen LogP contribution in [0.25, 0.3) is 0 Å². The van der Waals surface area contributed by atoms with E-state index in [2.05, 4.69) is 41.5 Å². The van der Waals surface area contributed by atoms with Gasteiger partial charge < -0.3 is 4.74 Å². The lowest BCUT2D eigenvalue weighted by atomic mass is 9.84. The average Bonchev–Trinajstić information content (AvgIpc) is 2.47. The normalized spacial score (nSPS) is 23.2. The lowest BCUT2D eigenvalue weighted by molar-refractivity contribution is 0.0746. The zero-order chi connectivity index (χ0) is 11.9. The Morgan fingerprint density at radius 1 is 1.33 bits per heavy atom. The maximum Gasteiger partial charge on any atom is 0.410 e. The summed E-state index contributed by atoms with van der Waals surface area (Å²) in [7, 11) is 0. The van der Waals surface area contributed by atoms with Crippen molar-refractivity contribution in [3.05, 3.63) is 0 Å². The third-order valence-corrected chi connectivity index (χ3v) is 3.39. The van der Waals surface area contributed by atoms with Crippen LogP contribution < -0.4 is 0 Å². The second kappa shape index (κ2) is 3.69. The molecule has 0 aromatic heterocycles. The second-order valence-corrected chi connectivity index (χ2v) is 5.99. The summed E-state index contributed by atoms with van der Waals surface area (Å²) in [5, 5.41) is 0. The van der Waals surface area contributed by atoms with Crippen LogP contribution in [0, 0.1) is 5.41 Å². The number of ether oxygens (including phenoxy) is 1. The van der Waals surface area contributed by atoms with Gasteiger partial charge in [-0.15, -0.1) is 0 Å². The van der Waals surface area contributed by atoms with Crippen molar-refractivity contribution in [1.82, 2.24) is 4.90 Å². The molecule has 1 saturated heterocycles. The first-order valence-corrected chi connectivity index (χ1v) is 5.66. The van der Waals surface area contributed by atoms with Crippen molar-refractivity contribution in [1.29, 1.82) is 0 Å². The minimum Gasteiger partial charge on any atom is -0.447 e. The average molecular weight is 213 g/mol. The van der Waals surface area contributed by atoms with Crippen LogP contribution in [0.3, 0.4) is 0 Å². The van der Waals surface area contributed by atoms with E-state index in [-0.39, 0.29) is 23.1 Å². The van der Waals surface area contributed by atoms with Crippen LogP contribution in [-0.4, -0.2) is 29.2 Å². The van der Waals surface area contributed by atoms with E-state index in [1.807, 2.05) is 4.90 Å². The molecule has 3 heteroatoms. The molecule has 88 valence electrons. The van der Waals surface area contributed by atoms with Gasteiger partial charge in [0.2, 0.25) is 0 Å². The van der Waals surface area contributed by atoms with E-state index in [1.165, 1.54) is 0 Å². The molecule has 0 aromatic carbocycles. The molecular weight excluding hydrogens is 190 g/mol. The Labute approximate surface area is 92.8 Å². The number of amides is 1. The number of nitrogens with zero attached hydrogens (tertiary/aromatic N) is 1. The van der Waals surface area contributed by atoms with Gasteiger partial charge in [-0.05, 0) is 25.7 Å². The fraction of sp³-hybridized carbons (Fsp3) is 0.917. The third-order valence-electron chi connectivity index (χ3n) is 3.39. The number of hydrogen-bond acceptors (Lipinski definition) is 2. The van der Waals surface area contributed by atoms with Crippen LogP contribution in [0.15, 0.2) is 0 Å². The number of hydrogen-bond donors (Lipinski definition) is 0. The highest BCUT2D eigenvalue weighted by atomic mass is 16.6. The Bertz CT molecular complexity index is 253. The van der Waals surface area contributed by atoms with Crippen LogP contribution in [0.1, 0.15) is 48.0 Å². The fourth-order valence-corrected chi connectivity index (χ4v) is 1.90. The second-order valence-electron chi connectivity index (χ2n) is 5.99. The Kier molecular flexibility index (Phi) is 3.04. The quantitative estimate of drug-likeness (QED) is 0.705. The minimum atomic E-state index is -0.165. The van der Waals surface area contributed by atoms with E-state index >= 15 is 0 Å². The number of carbonyl (C=O) groups excluding carboxylic acids is 1. The number of carbonyl (C=O) groups is 1. The molecule has 0 radical (unpaired) electrons. The number of rotatable bonds is 2. The van der Waals surface area contributed by atoms with Crippen molar-refractivity contribution in [3.8, 4) is 0 Å². The Hall–Kier alpha value is -0.730. The predicted octanol–water partition coefficient (Wildman–Crippen LogP) is 3.04. The smallest absolute Gasteiger partial charge is 0.410 e. The SMILES string of the molecule is CCC(C)(C)N1C(=O)OCC1C(C)(C)C. The maximum absolute atomic E-state index is 11.7. The highest BCUT2D eigenvalue weighted by molar-refractivity contribution is 5.71. The molecule has 1 atom stereocenters. The molecule has 0 N–H and O–H groups in total. The first kappa shape index (κ1) is 12.3. The summed E-state index contributed by atoms with van der Waals surface area (Å²) in [4.78, 5) is 13.7. The Morgan fingerprint density at radius 2 is 1.87 bits per heavy atom. The standard InChI is InChI=1S/C12H23NO2/c1-7-12(5,6)13-9(11(2,3)4)8-15-10(13)14/h9H,7-8H2,1-6H3. The zero-order valence-corrected chi connectivity index (χ0v) is 10.8. The predicted molar refractivity (Wildman–Crippen MR) is 60.8 cm³/mol. The van der Waals surface area contributed by atoms with Gasteiger partial charge >= 0.3 is 6.09 Å². The largest absolute Gasteiger partial charge is 0.447 e. The van der Waals surface area contributed by atoms with Gasteiger partial charge in [-0.3, -0.25) is 4.90 Å². The van der Waals surface area contributed by atoms with Crippen molar-refractivity contribution >= 4 is 6.09 Å². The van der Waals surface area contributed by atoms with E-state index in [9.17, 15) is 4.79 Å². The van der Waals surface area contributed by atoms with Crippen LogP contribution in [0.2, 0.25) is 0 Å². The summed E-state index contributed by atoms with van der Waals surface area (Å²) in [6.07, 6.45) is 0.774. The van der Waals surface area contributed by atoms with Crippen LogP contribution in [-0.2, 0) is 4.74 Å². The molecule has 0 aliphatic carbocycles. The van der Waals surface area contributed by atoms with Crippen molar-refractivity contribution < 1.29 is 9.53 Å². The van der Waals surface area contributed by atoms with Crippen LogP contribution in [0.5, 0.6) is 0 Å². The van der Waals surface area contributed by atoms with Gasteiger partial charge in [-0.25, -0.2) is 4.79 Å². The molecule has 1 heterocycles. The zero-order valence-electron chi connectivity index (χ0n) is 10.8. The highest BCUT2D eigenvalue weighted by Gasteiger charge is 2.46. The molecule has 3 nitrogen and oxygen atoms in total. The van der Waals surface area contributed by atoms with E-state index in [0.29, 0.717) is 6.61 Å².